The first-order valence-electron chi connectivity index (χ1n) is 11.2. The van der Waals surface area contributed by atoms with E-state index < -0.39 is 0 Å². The molecule has 0 aliphatic heterocycles. The molecule has 10 heteroatoms. The summed E-state index contributed by atoms with van der Waals surface area (Å²) in [6.07, 6.45) is 3.89. The van der Waals surface area contributed by atoms with Crippen LogP contribution in [0.5, 0.6) is 0 Å². The largest absolute Gasteiger partial charge is 0.467 e. The second-order valence-corrected chi connectivity index (χ2v) is 8.97. The fraction of sp³-hybridized carbons (Fsp3) is 0.280. The number of hydrogen-bond acceptors (Lipinski definition) is 7. The number of amides is 2. The van der Waals surface area contributed by atoms with Crippen LogP contribution in [0, 0.1) is 0 Å². The molecule has 0 unspecified atom stereocenters. The molecular formula is C25H26N4O5S. The van der Waals surface area contributed by atoms with E-state index >= 15 is 0 Å². The van der Waals surface area contributed by atoms with E-state index in [0.29, 0.717) is 33.1 Å². The van der Waals surface area contributed by atoms with Crippen LogP contribution in [0.25, 0.3) is 10.9 Å². The zero-order valence-corrected chi connectivity index (χ0v) is 20.3. The van der Waals surface area contributed by atoms with Crippen LogP contribution < -0.4 is 16.2 Å². The van der Waals surface area contributed by atoms with Crippen molar-refractivity contribution in [3.63, 3.8) is 0 Å². The molecule has 0 aliphatic rings. The highest BCUT2D eigenvalue weighted by molar-refractivity contribution is 7.99. The van der Waals surface area contributed by atoms with Crippen molar-refractivity contribution in [2.45, 2.75) is 44.6 Å². The second kappa shape index (κ2) is 11.1. The SMILES string of the molecule is CC[C@@H](C)NC(=O)CSc1nc2cc(C(=O)NCc3ccco3)ccc2c(=O)n1Cc1ccco1. The van der Waals surface area contributed by atoms with E-state index in [1.165, 1.54) is 28.9 Å². The predicted molar refractivity (Wildman–Crippen MR) is 132 cm³/mol. The molecule has 35 heavy (non-hydrogen) atoms. The zero-order valence-electron chi connectivity index (χ0n) is 19.4. The molecule has 1 atom stereocenters. The molecule has 0 bridgehead atoms. The van der Waals surface area contributed by atoms with Gasteiger partial charge in [-0.3, -0.25) is 19.0 Å². The molecule has 0 aliphatic carbocycles. The van der Waals surface area contributed by atoms with Gasteiger partial charge >= 0.3 is 0 Å². The third-order valence-corrected chi connectivity index (χ3v) is 6.41. The van der Waals surface area contributed by atoms with Crippen molar-refractivity contribution in [1.29, 1.82) is 0 Å². The maximum Gasteiger partial charge on any atom is 0.262 e. The quantitative estimate of drug-likeness (QED) is 0.255. The molecule has 4 rings (SSSR count). The normalized spacial score (nSPS) is 11.9. The number of benzene rings is 1. The molecule has 4 aromatic rings. The first-order chi connectivity index (χ1) is 16.9. The molecule has 0 radical (unpaired) electrons. The summed E-state index contributed by atoms with van der Waals surface area (Å²) in [4.78, 5) is 43.0. The van der Waals surface area contributed by atoms with Crippen LogP contribution in [-0.2, 0) is 17.9 Å². The lowest BCUT2D eigenvalue weighted by Crippen LogP contribution is -2.33. The Kier molecular flexibility index (Phi) is 7.71. The fourth-order valence-electron chi connectivity index (χ4n) is 3.38. The van der Waals surface area contributed by atoms with Gasteiger partial charge < -0.3 is 19.5 Å². The smallest absolute Gasteiger partial charge is 0.262 e. The van der Waals surface area contributed by atoms with Gasteiger partial charge in [0, 0.05) is 11.6 Å². The summed E-state index contributed by atoms with van der Waals surface area (Å²) >= 11 is 1.17. The molecule has 0 saturated heterocycles. The first-order valence-corrected chi connectivity index (χ1v) is 12.2. The fourth-order valence-corrected chi connectivity index (χ4v) is 4.19. The van der Waals surface area contributed by atoms with Gasteiger partial charge in [0.05, 0.1) is 42.3 Å². The Balaban J connectivity index is 1.63. The summed E-state index contributed by atoms with van der Waals surface area (Å²) in [6.45, 7) is 4.35. The van der Waals surface area contributed by atoms with Crippen molar-refractivity contribution in [3.05, 3.63) is 82.4 Å². The minimum absolute atomic E-state index is 0.0558. The van der Waals surface area contributed by atoms with Crippen LogP contribution in [0.2, 0.25) is 0 Å². The van der Waals surface area contributed by atoms with Gasteiger partial charge in [0.2, 0.25) is 5.91 Å². The monoisotopic (exact) mass is 494 g/mol. The van der Waals surface area contributed by atoms with Gasteiger partial charge in [0.15, 0.2) is 5.16 Å². The van der Waals surface area contributed by atoms with Gasteiger partial charge in [-0.15, -0.1) is 0 Å². The van der Waals surface area contributed by atoms with E-state index in [2.05, 4.69) is 15.6 Å². The number of nitrogens with one attached hydrogen (secondary N) is 2. The number of carbonyl (C=O) groups excluding carboxylic acids is 2. The molecule has 182 valence electrons. The zero-order chi connectivity index (χ0) is 24.8. The van der Waals surface area contributed by atoms with Crippen LogP contribution in [0.1, 0.15) is 42.1 Å². The molecule has 9 nitrogen and oxygen atoms in total. The molecule has 3 heterocycles. The van der Waals surface area contributed by atoms with Crippen molar-refractivity contribution < 1.29 is 18.4 Å². The van der Waals surface area contributed by atoms with Crippen molar-refractivity contribution >= 4 is 34.5 Å². The van der Waals surface area contributed by atoms with Crippen molar-refractivity contribution in [1.82, 2.24) is 20.2 Å². The van der Waals surface area contributed by atoms with E-state index in [-0.39, 0.29) is 42.3 Å². The van der Waals surface area contributed by atoms with E-state index in [9.17, 15) is 14.4 Å². The molecule has 0 spiro atoms. The molecule has 3 aromatic heterocycles. The Morgan fingerprint density at radius 3 is 2.54 bits per heavy atom. The van der Waals surface area contributed by atoms with Crippen LogP contribution in [0.4, 0.5) is 0 Å². The summed E-state index contributed by atoms with van der Waals surface area (Å²) < 4.78 is 12.1. The minimum Gasteiger partial charge on any atom is -0.467 e. The van der Waals surface area contributed by atoms with Crippen LogP contribution in [0.15, 0.2) is 73.8 Å². The van der Waals surface area contributed by atoms with Gasteiger partial charge in [0.1, 0.15) is 11.5 Å². The maximum atomic E-state index is 13.4. The second-order valence-electron chi connectivity index (χ2n) is 8.02. The Hall–Kier alpha value is -3.79. The Labute approximate surface area is 205 Å². The minimum atomic E-state index is -0.313. The summed E-state index contributed by atoms with van der Waals surface area (Å²) in [7, 11) is 0. The summed E-state index contributed by atoms with van der Waals surface area (Å²) in [5.41, 5.74) is 0.463. The number of nitrogens with zero attached hydrogens (tertiary/aromatic N) is 2. The molecule has 0 fully saturated rings. The van der Waals surface area contributed by atoms with Gasteiger partial charge in [-0.05, 0) is 55.8 Å². The Morgan fingerprint density at radius 1 is 1.11 bits per heavy atom. The van der Waals surface area contributed by atoms with Gasteiger partial charge in [-0.1, -0.05) is 18.7 Å². The van der Waals surface area contributed by atoms with E-state index in [1.807, 2.05) is 13.8 Å². The molecule has 2 amide bonds. The van der Waals surface area contributed by atoms with Crippen molar-refractivity contribution in [3.8, 4) is 0 Å². The summed E-state index contributed by atoms with van der Waals surface area (Å²) in [6, 6.07) is 11.8. The number of fused-ring (bicyclic) bond motifs is 1. The predicted octanol–water partition coefficient (Wildman–Crippen LogP) is 3.57. The highest BCUT2D eigenvalue weighted by Crippen LogP contribution is 2.20. The number of furan rings is 2. The molecule has 0 saturated carbocycles. The number of carbonyl (C=O) groups is 2. The number of thioether (sulfide) groups is 1. The topological polar surface area (TPSA) is 119 Å². The maximum absolute atomic E-state index is 13.4. The van der Waals surface area contributed by atoms with E-state index in [1.54, 1.807) is 42.5 Å². The van der Waals surface area contributed by atoms with Gasteiger partial charge in [0.25, 0.3) is 11.5 Å². The lowest BCUT2D eigenvalue weighted by atomic mass is 10.1. The van der Waals surface area contributed by atoms with Gasteiger partial charge in [-0.2, -0.15) is 0 Å². The average molecular weight is 495 g/mol. The lowest BCUT2D eigenvalue weighted by Gasteiger charge is -2.14. The van der Waals surface area contributed by atoms with Crippen LogP contribution in [-0.4, -0.2) is 33.2 Å². The highest BCUT2D eigenvalue weighted by atomic mass is 32.2. The van der Waals surface area contributed by atoms with Crippen LogP contribution in [0.3, 0.4) is 0 Å². The van der Waals surface area contributed by atoms with E-state index in [4.69, 9.17) is 8.83 Å². The van der Waals surface area contributed by atoms with Crippen molar-refractivity contribution in [2.75, 3.05) is 5.75 Å². The highest BCUT2D eigenvalue weighted by Gasteiger charge is 2.17. The first kappa shape index (κ1) is 24.3. The number of hydrogen-bond donors (Lipinski definition) is 2. The van der Waals surface area contributed by atoms with Crippen molar-refractivity contribution in [2.24, 2.45) is 0 Å². The molecule has 1 aromatic carbocycles. The Morgan fingerprint density at radius 2 is 1.86 bits per heavy atom. The van der Waals surface area contributed by atoms with Crippen LogP contribution >= 0.6 is 11.8 Å². The standard InChI is InChI=1S/C25H26N4O5S/c1-3-16(2)27-22(30)15-35-25-28-21-12-17(23(31)26-13-18-6-4-10-33-18)8-9-20(21)24(32)29(25)14-19-7-5-11-34-19/h4-12,16H,3,13-15H2,1-2H3,(H,26,31)(H,27,30)/t16-/m1/s1. The lowest BCUT2D eigenvalue weighted by molar-refractivity contribution is -0.119. The van der Waals surface area contributed by atoms with E-state index in [0.717, 1.165) is 6.42 Å². The molecule has 2 N–H and O–H groups in total. The third kappa shape index (κ3) is 6.02. The summed E-state index contributed by atoms with van der Waals surface area (Å²) in [5.74, 6) is 0.867. The van der Waals surface area contributed by atoms with Gasteiger partial charge in [-0.25, -0.2) is 4.98 Å². The Bertz CT molecular complexity index is 1360. The average Bonchev–Trinajstić information content (AvgIpc) is 3.57. The number of rotatable bonds is 10. The number of aromatic nitrogens is 2. The summed E-state index contributed by atoms with van der Waals surface area (Å²) in [5, 5.41) is 6.43. The molecular weight excluding hydrogens is 468 g/mol. The third-order valence-electron chi connectivity index (χ3n) is 5.43.